The lowest BCUT2D eigenvalue weighted by atomic mass is 9.95. The molecule has 0 spiro atoms. The molecule has 172 valence electrons. The molecule has 2 fully saturated rings. The number of nitrogens with zero attached hydrogens (tertiary/aromatic N) is 2. The quantitative estimate of drug-likeness (QED) is 0.562. The summed E-state index contributed by atoms with van der Waals surface area (Å²) in [6, 6.07) is 17.8. The fourth-order valence-corrected chi connectivity index (χ4v) is 5.22. The van der Waals surface area contributed by atoms with Gasteiger partial charge in [-0.25, -0.2) is 4.79 Å². The lowest BCUT2D eigenvalue weighted by Crippen LogP contribution is -2.44. The van der Waals surface area contributed by atoms with E-state index in [0.717, 1.165) is 28.5 Å². The zero-order chi connectivity index (χ0) is 23.4. The molecule has 0 N–H and O–H groups in total. The SMILES string of the molecule is CC(C)(C)OC(=O)n1cc(C[C@H]2C[C@H]3CO[C@](C)(c4ccccc4)N3C2=O)c2ccccc21. The Labute approximate surface area is 194 Å². The van der Waals surface area contributed by atoms with E-state index in [0.29, 0.717) is 13.0 Å². The van der Waals surface area contributed by atoms with Gasteiger partial charge < -0.3 is 14.4 Å². The van der Waals surface area contributed by atoms with Crippen LogP contribution in [0.25, 0.3) is 10.9 Å². The summed E-state index contributed by atoms with van der Waals surface area (Å²) < 4.78 is 13.3. The smallest absolute Gasteiger partial charge is 0.419 e. The van der Waals surface area contributed by atoms with E-state index in [1.54, 1.807) is 4.57 Å². The highest BCUT2D eigenvalue weighted by Gasteiger charge is 2.54. The Balaban J connectivity index is 1.43. The first-order valence-corrected chi connectivity index (χ1v) is 11.5. The van der Waals surface area contributed by atoms with Crippen LogP contribution in [0.2, 0.25) is 0 Å². The first-order chi connectivity index (χ1) is 15.7. The van der Waals surface area contributed by atoms with Gasteiger partial charge in [0.05, 0.1) is 18.2 Å². The topological polar surface area (TPSA) is 60.8 Å². The number of hydrogen-bond acceptors (Lipinski definition) is 4. The van der Waals surface area contributed by atoms with Crippen molar-refractivity contribution in [3.63, 3.8) is 0 Å². The lowest BCUT2D eigenvalue weighted by Gasteiger charge is -2.34. The van der Waals surface area contributed by atoms with Gasteiger partial charge in [0, 0.05) is 23.1 Å². The number of rotatable bonds is 3. The van der Waals surface area contributed by atoms with Gasteiger partial charge in [-0.15, -0.1) is 0 Å². The second-order valence-corrected chi connectivity index (χ2v) is 10.2. The molecule has 0 bridgehead atoms. The van der Waals surface area contributed by atoms with Crippen LogP contribution in [0.5, 0.6) is 0 Å². The van der Waals surface area contributed by atoms with Crippen LogP contribution in [0, 0.1) is 5.92 Å². The summed E-state index contributed by atoms with van der Waals surface area (Å²) in [5.74, 6) is -0.0437. The second-order valence-electron chi connectivity index (χ2n) is 10.2. The number of carbonyl (C=O) groups is 2. The summed E-state index contributed by atoms with van der Waals surface area (Å²) in [6.45, 7) is 8.08. The molecule has 2 aromatic carbocycles. The number of ether oxygens (including phenoxy) is 2. The molecular formula is C27H30N2O4. The molecule has 2 aliphatic heterocycles. The van der Waals surface area contributed by atoms with Crippen molar-refractivity contribution in [3.05, 3.63) is 71.9 Å². The maximum absolute atomic E-state index is 13.6. The Bertz CT molecular complexity index is 1210. The zero-order valence-corrected chi connectivity index (χ0v) is 19.6. The molecule has 3 aromatic rings. The molecule has 0 radical (unpaired) electrons. The molecule has 5 rings (SSSR count). The third-order valence-corrected chi connectivity index (χ3v) is 6.69. The fourth-order valence-electron chi connectivity index (χ4n) is 5.22. The Kier molecular flexibility index (Phi) is 5.09. The Morgan fingerprint density at radius 2 is 1.82 bits per heavy atom. The minimum Gasteiger partial charge on any atom is -0.443 e. The fraction of sp³-hybridized carbons (Fsp3) is 0.407. The van der Waals surface area contributed by atoms with E-state index in [1.807, 2.05) is 93.4 Å². The first kappa shape index (κ1) is 21.7. The lowest BCUT2D eigenvalue weighted by molar-refractivity contribution is -0.149. The van der Waals surface area contributed by atoms with Crippen LogP contribution in [0.4, 0.5) is 4.79 Å². The standard InChI is InChI=1S/C27H30N2O4/c1-26(2,3)33-25(31)28-16-19(22-12-8-9-13-23(22)28)14-18-15-21-17-32-27(4,29(21)24(18)30)20-10-6-5-7-11-20/h5-13,16,18,21H,14-15,17H2,1-4H3/t18-,21-,27+/m0/s1. The van der Waals surface area contributed by atoms with Gasteiger partial charge in [-0.05, 0) is 52.2 Å². The minimum absolute atomic E-state index is 0.0620. The molecule has 1 amide bonds. The largest absolute Gasteiger partial charge is 0.443 e. The minimum atomic E-state index is -0.748. The first-order valence-electron chi connectivity index (χ1n) is 11.5. The van der Waals surface area contributed by atoms with Crippen molar-refractivity contribution in [2.24, 2.45) is 5.92 Å². The maximum Gasteiger partial charge on any atom is 0.419 e. The molecule has 0 saturated carbocycles. The van der Waals surface area contributed by atoms with Gasteiger partial charge in [0.2, 0.25) is 5.91 Å². The Morgan fingerprint density at radius 1 is 1.12 bits per heavy atom. The predicted molar refractivity (Wildman–Crippen MR) is 126 cm³/mol. The average Bonchev–Trinajstić information content (AvgIpc) is 3.41. The van der Waals surface area contributed by atoms with Crippen LogP contribution in [0.1, 0.15) is 45.2 Å². The van der Waals surface area contributed by atoms with Crippen LogP contribution in [0.3, 0.4) is 0 Å². The summed E-state index contributed by atoms with van der Waals surface area (Å²) in [7, 11) is 0. The normalized spacial score (nSPS) is 25.0. The van der Waals surface area contributed by atoms with Gasteiger partial charge in [-0.3, -0.25) is 9.36 Å². The van der Waals surface area contributed by atoms with Crippen molar-refractivity contribution in [3.8, 4) is 0 Å². The number of amides is 1. The van der Waals surface area contributed by atoms with Gasteiger partial charge in [0.1, 0.15) is 5.60 Å². The highest BCUT2D eigenvalue weighted by Crippen LogP contribution is 2.45. The van der Waals surface area contributed by atoms with E-state index in [4.69, 9.17) is 9.47 Å². The molecule has 3 atom stereocenters. The van der Waals surface area contributed by atoms with Crippen molar-refractivity contribution < 1.29 is 19.1 Å². The van der Waals surface area contributed by atoms with E-state index in [1.165, 1.54) is 0 Å². The molecule has 0 aliphatic carbocycles. The highest BCUT2D eigenvalue weighted by atomic mass is 16.6. The summed E-state index contributed by atoms with van der Waals surface area (Å²) in [5.41, 5.74) is 1.44. The maximum atomic E-state index is 13.6. The van der Waals surface area contributed by atoms with Crippen molar-refractivity contribution in [2.45, 2.75) is 57.9 Å². The Morgan fingerprint density at radius 3 is 2.55 bits per heavy atom. The molecule has 2 saturated heterocycles. The molecule has 1 aromatic heterocycles. The van der Waals surface area contributed by atoms with E-state index in [9.17, 15) is 9.59 Å². The summed E-state index contributed by atoms with van der Waals surface area (Å²) in [6.07, 6.45) is 2.75. The van der Waals surface area contributed by atoms with Gasteiger partial charge in [0.15, 0.2) is 5.72 Å². The van der Waals surface area contributed by atoms with E-state index < -0.39 is 17.4 Å². The van der Waals surface area contributed by atoms with Crippen molar-refractivity contribution in [1.29, 1.82) is 0 Å². The molecule has 6 nitrogen and oxygen atoms in total. The van der Waals surface area contributed by atoms with E-state index >= 15 is 0 Å². The number of fused-ring (bicyclic) bond motifs is 2. The second kappa shape index (κ2) is 7.73. The number of para-hydroxylation sites is 1. The molecule has 0 unspecified atom stereocenters. The number of hydrogen-bond donors (Lipinski definition) is 0. The number of carbonyl (C=O) groups excluding carboxylic acids is 2. The molecule has 2 aliphatic rings. The molecule has 33 heavy (non-hydrogen) atoms. The van der Waals surface area contributed by atoms with Gasteiger partial charge in [0.25, 0.3) is 0 Å². The van der Waals surface area contributed by atoms with Gasteiger partial charge in [-0.2, -0.15) is 0 Å². The van der Waals surface area contributed by atoms with Gasteiger partial charge in [-0.1, -0.05) is 48.5 Å². The van der Waals surface area contributed by atoms with E-state index in [2.05, 4.69) is 0 Å². The van der Waals surface area contributed by atoms with Crippen LogP contribution >= 0.6 is 0 Å². The zero-order valence-electron chi connectivity index (χ0n) is 19.6. The number of benzene rings is 2. The van der Waals surface area contributed by atoms with E-state index in [-0.39, 0.29) is 17.9 Å². The van der Waals surface area contributed by atoms with Crippen LogP contribution in [-0.4, -0.2) is 39.7 Å². The molecule has 3 heterocycles. The third kappa shape index (κ3) is 3.72. The van der Waals surface area contributed by atoms with Crippen LogP contribution in [-0.2, 0) is 26.4 Å². The van der Waals surface area contributed by atoms with Crippen molar-refractivity contribution in [2.75, 3.05) is 6.61 Å². The van der Waals surface area contributed by atoms with Crippen molar-refractivity contribution in [1.82, 2.24) is 9.47 Å². The summed E-state index contributed by atoms with van der Waals surface area (Å²) in [5, 5.41) is 0.977. The monoisotopic (exact) mass is 446 g/mol. The Hall–Kier alpha value is -3.12. The summed E-state index contributed by atoms with van der Waals surface area (Å²) >= 11 is 0. The molecular weight excluding hydrogens is 416 g/mol. The van der Waals surface area contributed by atoms with Crippen LogP contribution in [0.15, 0.2) is 60.8 Å². The average molecular weight is 447 g/mol. The van der Waals surface area contributed by atoms with Crippen molar-refractivity contribution >= 4 is 22.9 Å². The van der Waals surface area contributed by atoms with Gasteiger partial charge >= 0.3 is 6.09 Å². The molecule has 6 heteroatoms. The highest BCUT2D eigenvalue weighted by molar-refractivity contribution is 5.93. The number of aromatic nitrogens is 1. The van der Waals surface area contributed by atoms with Crippen LogP contribution < -0.4 is 0 Å². The predicted octanol–water partition coefficient (Wildman–Crippen LogP) is 5.09. The third-order valence-electron chi connectivity index (χ3n) is 6.69. The summed E-state index contributed by atoms with van der Waals surface area (Å²) in [4.78, 5) is 28.4.